The van der Waals surface area contributed by atoms with Crippen molar-refractivity contribution in [1.82, 2.24) is 0 Å². The summed E-state index contributed by atoms with van der Waals surface area (Å²) in [4.78, 5) is 0. The van der Waals surface area contributed by atoms with E-state index < -0.39 is 0 Å². The standard InChI is InChI=1S/C8H8O.C6H13N/c9-8-5-6-3-1-2-4-7(6)8;7-6-4-2-1-3-5-6/h1-4,8-9H,5H2;6H,1-5,7H2. The summed E-state index contributed by atoms with van der Waals surface area (Å²) >= 11 is 0. The van der Waals surface area contributed by atoms with Gasteiger partial charge >= 0.3 is 0 Å². The van der Waals surface area contributed by atoms with Crippen LogP contribution in [0.3, 0.4) is 0 Å². The van der Waals surface area contributed by atoms with E-state index in [2.05, 4.69) is 6.07 Å². The molecule has 88 valence electrons. The lowest BCUT2D eigenvalue weighted by Crippen LogP contribution is -2.22. The van der Waals surface area contributed by atoms with Gasteiger partial charge in [-0.05, 0) is 24.0 Å². The third kappa shape index (κ3) is 2.83. The Kier molecular flexibility index (Phi) is 3.97. The first-order valence-corrected chi connectivity index (χ1v) is 6.29. The maximum atomic E-state index is 9.10. The van der Waals surface area contributed by atoms with Crippen molar-refractivity contribution in [1.29, 1.82) is 0 Å². The lowest BCUT2D eigenvalue weighted by Gasteiger charge is -2.24. The van der Waals surface area contributed by atoms with Crippen molar-refractivity contribution in [3.05, 3.63) is 35.4 Å². The molecule has 3 rings (SSSR count). The molecule has 1 aromatic carbocycles. The molecule has 3 N–H and O–H groups in total. The molecule has 1 atom stereocenters. The molecule has 1 aromatic rings. The summed E-state index contributed by atoms with van der Waals surface area (Å²) in [5.74, 6) is 0. The van der Waals surface area contributed by atoms with E-state index in [1.807, 2.05) is 18.2 Å². The van der Waals surface area contributed by atoms with E-state index in [9.17, 15) is 0 Å². The van der Waals surface area contributed by atoms with Gasteiger partial charge in [-0.2, -0.15) is 0 Å². The van der Waals surface area contributed by atoms with Crippen LogP contribution in [0.2, 0.25) is 0 Å². The molecule has 0 spiro atoms. The minimum Gasteiger partial charge on any atom is -0.388 e. The average Bonchev–Trinajstić information content (AvgIpc) is 2.30. The van der Waals surface area contributed by atoms with Crippen LogP contribution in [0.15, 0.2) is 24.3 Å². The van der Waals surface area contributed by atoms with E-state index in [0.717, 1.165) is 12.0 Å². The fraction of sp³-hybridized carbons (Fsp3) is 0.571. The first-order valence-electron chi connectivity index (χ1n) is 6.29. The highest BCUT2D eigenvalue weighted by atomic mass is 16.3. The fourth-order valence-corrected chi connectivity index (χ4v) is 2.37. The average molecular weight is 219 g/mol. The van der Waals surface area contributed by atoms with Crippen molar-refractivity contribution in [2.75, 3.05) is 0 Å². The number of benzene rings is 1. The Morgan fingerprint density at radius 3 is 2.19 bits per heavy atom. The summed E-state index contributed by atoms with van der Waals surface area (Å²) in [6.07, 6.45) is 7.33. The summed E-state index contributed by atoms with van der Waals surface area (Å²) in [7, 11) is 0. The molecule has 0 heterocycles. The highest BCUT2D eigenvalue weighted by molar-refractivity contribution is 5.37. The van der Waals surface area contributed by atoms with Gasteiger partial charge in [0.1, 0.15) is 0 Å². The Labute approximate surface area is 97.5 Å². The molecule has 0 radical (unpaired) electrons. The van der Waals surface area contributed by atoms with E-state index >= 15 is 0 Å². The van der Waals surface area contributed by atoms with Gasteiger partial charge in [0.15, 0.2) is 0 Å². The second-order valence-electron chi connectivity index (χ2n) is 4.82. The summed E-state index contributed by atoms with van der Waals surface area (Å²) in [5.41, 5.74) is 8.04. The van der Waals surface area contributed by atoms with E-state index in [1.165, 1.54) is 37.7 Å². The molecular weight excluding hydrogens is 198 g/mol. The summed E-state index contributed by atoms with van der Waals surface area (Å²) in [6, 6.07) is 8.53. The number of aliphatic hydroxyl groups excluding tert-OH is 1. The van der Waals surface area contributed by atoms with Gasteiger partial charge in [-0.15, -0.1) is 0 Å². The third-order valence-corrected chi connectivity index (χ3v) is 3.48. The quantitative estimate of drug-likeness (QED) is 0.704. The lowest BCUT2D eigenvalue weighted by molar-refractivity contribution is 0.154. The largest absolute Gasteiger partial charge is 0.388 e. The number of rotatable bonds is 0. The summed E-state index contributed by atoms with van der Waals surface area (Å²) in [6.45, 7) is 0. The highest BCUT2D eigenvalue weighted by Crippen LogP contribution is 2.31. The van der Waals surface area contributed by atoms with Crippen LogP contribution in [0.25, 0.3) is 0 Å². The molecule has 0 saturated heterocycles. The molecule has 0 aliphatic heterocycles. The molecule has 2 aliphatic rings. The monoisotopic (exact) mass is 219 g/mol. The predicted molar refractivity (Wildman–Crippen MR) is 66.2 cm³/mol. The molecular formula is C14H21NO. The maximum Gasteiger partial charge on any atom is 0.0833 e. The van der Waals surface area contributed by atoms with E-state index in [0.29, 0.717) is 6.04 Å². The molecule has 16 heavy (non-hydrogen) atoms. The van der Waals surface area contributed by atoms with E-state index in [4.69, 9.17) is 10.8 Å². The van der Waals surface area contributed by atoms with E-state index in [1.54, 1.807) is 0 Å². The highest BCUT2D eigenvalue weighted by Gasteiger charge is 2.21. The normalized spacial score (nSPS) is 23.8. The second kappa shape index (κ2) is 5.46. The maximum absolute atomic E-state index is 9.10. The topological polar surface area (TPSA) is 46.2 Å². The summed E-state index contributed by atoms with van der Waals surface area (Å²) < 4.78 is 0. The molecule has 2 aliphatic carbocycles. The number of hydrogen-bond acceptors (Lipinski definition) is 2. The molecule has 0 aromatic heterocycles. The predicted octanol–water partition coefficient (Wildman–Crippen LogP) is 2.55. The minimum absolute atomic E-state index is 0.179. The Bertz CT molecular complexity index is 331. The molecule has 0 bridgehead atoms. The van der Waals surface area contributed by atoms with Crippen molar-refractivity contribution in [2.24, 2.45) is 5.73 Å². The summed E-state index contributed by atoms with van der Waals surface area (Å²) in [5, 5.41) is 9.10. The van der Waals surface area contributed by atoms with Crippen LogP contribution >= 0.6 is 0 Å². The minimum atomic E-state index is -0.179. The lowest BCUT2D eigenvalue weighted by atomic mass is 9.86. The van der Waals surface area contributed by atoms with Gasteiger partial charge < -0.3 is 10.8 Å². The van der Waals surface area contributed by atoms with Gasteiger partial charge in [-0.25, -0.2) is 0 Å². The molecule has 2 heteroatoms. The van der Waals surface area contributed by atoms with Crippen LogP contribution in [-0.2, 0) is 6.42 Å². The van der Waals surface area contributed by atoms with Gasteiger partial charge in [-0.1, -0.05) is 43.5 Å². The zero-order valence-corrected chi connectivity index (χ0v) is 9.73. The third-order valence-electron chi connectivity index (χ3n) is 3.48. The van der Waals surface area contributed by atoms with Crippen molar-refractivity contribution in [3.8, 4) is 0 Å². The van der Waals surface area contributed by atoms with Crippen LogP contribution in [-0.4, -0.2) is 11.1 Å². The molecule has 1 fully saturated rings. The van der Waals surface area contributed by atoms with Crippen molar-refractivity contribution >= 4 is 0 Å². The first-order chi connectivity index (χ1) is 7.77. The Morgan fingerprint density at radius 2 is 1.75 bits per heavy atom. The van der Waals surface area contributed by atoms with Gasteiger partial charge in [0.25, 0.3) is 0 Å². The van der Waals surface area contributed by atoms with Gasteiger partial charge in [0, 0.05) is 12.5 Å². The fourth-order valence-electron chi connectivity index (χ4n) is 2.37. The Balaban J connectivity index is 0.000000125. The number of nitrogens with two attached hydrogens (primary N) is 1. The van der Waals surface area contributed by atoms with Crippen molar-refractivity contribution < 1.29 is 5.11 Å². The number of hydrogen-bond donors (Lipinski definition) is 2. The molecule has 1 unspecified atom stereocenters. The second-order valence-corrected chi connectivity index (χ2v) is 4.82. The number of aliphatic hydroxyl groups is 1. The van der Waals surface area contributed by atoms with Crippen molar-refractivity contribution in [3.63, 3.8) is 0 Å². The number of fused-ring (bicyclic) bond motifs is 1. The first kappa shape index (κ1) is 11.6. The van der Waals surface area contributed by atoms with Gasteiger partial charge in [0.05, 0.1) is 6.10 Å². The van der Waals surface area contributed by atoms with Crippen LogP contribution in [0, 0.1) is 0 Å². The van der Waals surface area contributed by atoms with Crippen LogP contribution in [0.1, 0.15) is 49.3 Å². The van der Waals surface area contributed by atoms with Gasteiger partial charge in [-0.3, -0.25) is 0 Å². The smallest absolute Gasteiger partial charge is 0.0833 e. The molecule has 2 nitrogen and oxygen atoms in total. The Morgan fingerprint density at radius 1 is 1.06 bits per heavy atom. The van der Waals surface area contributed by atoms with Gasteiger partial charge in [0.2, 0.25) is 0 Å². The van der Waals surface area contributed by atoms with E-state index in [-0.39, 0.29) is 6.10 Å². The van der Waals surface area contributed by atoms with Crippen LogP contribution in [0.4, 0.5) is 0 Å². The van der Waals surface area contributed by atoms with Crippen LogP contribution < -0.4 is 5.73 Å². The zero-order chi connectivity index (χ0) is 11.4. The van der Waals surface area contributed by atoms with Crippen molar-refractivity contribution in [2.45, 2.75) is 50.7 Å². The Hall–Kier alpha value is -0.860. The SMILES string of the molecule is NC1CCCCC1.OC1Cc2ccccc21. The van der Waals surface area contributed by atoms with Crippen LogP contribution in [0.5, 0.6) is 0 Å². The molecule has 1 saturated carbocycles. The zero-order valence-electron chi connectivity index (χ0n) is 9.73. The molecule has 0 amide bonds.